The molecule has 0 spiro atoms. The second-order valence-electron chi connectivity index (χ2n) is 4.51. The van der Waals surface area contributed by atoms with Gasteiger partial charge in [0.25, 0.3) is 0 Å². The highest BCUT2D eigenvalue weighted by Crippen LogP contribution is 2.18. The molecule has 0 amide bonds. The monoisotopic (exact) mass is 288 g/mol. The zero-order valence-electron chi connectivity index (χ0n) is 12.6. The number of aromatic nitrogens is 6. The van der Waals surface area contributed by atoms with Crippen molar-refractivity contribution in [3.05, 3.63) is 52.2 Å². The van der Waals surface area contributed by atoms with E-state index in [1.807, 2.05) is 6.92 Å². The fraction of sp³-hybridized carbons (Fsp3) is 0.231. The van der Waals surface area contributed by atoms with Gasteiger partial charge in [-0.3, -0.25) is 5.10 Å². The van der Waals surface area contributed by atoms with Crippen LogP contribution < -0.4 is 10.4 Å². The van der Waals surface area contributed by atoms with Gasteiger partial charge in [-0.05, 0) is 29.0 Å². The van der Waals surface area contributed by atoms with E-state index in [9.17, 15) is 4.79 Å². The Hall–Kier alpha value is -2.90. The van der Waals surface area contributed by atoms with E-state index in [4.69, 9.17) is 6.11 Å². The fourth-order valence-corrected chi connectivity index (χ4v) is 1.87. The van der Waals surface area contributed by atoms with Gasteiger partial charge in [-0.1, -0.05) is 18.2 Å². The standard InChI is InChI=1S/C13H14N6O2/c1-9-5-3-4-6-12(9)21-8-10-11(7-14-15-10)19-13(20)18(2)16-17-19/h3-7H,8H2,1-2H3,(H,14,15)/i3T. The maximum absolute atomic E-state index is 11.9. The highest BCUT2D eigenvalue weighted by atomic mass is 16.5. The van der Waals surface area contributed by atoms with Crippen LogP contribution in [0.2, 0.25) is 0 Å². The number of aryl methyl sites for hydroxylation is 2. The number of hydrogen-bond donors (Lipinski definition) is 1. The molecule has 108 valence electrons. The number of benzene rings is 1. The van der Waals surface area contributed by atoms with Crippen LogP contribution in [0, 0.1) is 6.92 Å². The van der Waals surface area contributed by atoms with Crippen LogP contribution in [0.1, 0.15) is 12.6 Å². The zero-order valence-corrected chi connectivity index (χ0v) is 11.6. The Balaban J connectivity index is 1.84. The smallest absolute Gasteiger partial charge is 0.368 e. The van der Waals surface area contributed by atoms with Gasteiger partial charge in [0.05, 0.1) is 13.3 Å². The largest absolute Gasteiger partial charge is 0.487 e. The molecule has 0 saturated heterocycles. The maximum atomic E-state index is 11.9. The van der Waals surface area contributed by atoms with Crippen LogP contribution in [0.3, 0.4) is 0 Å². The van der Waals surface area contributed by atoms with Crippen LogP contribution in [0.15, 0.2) is 35.2 Å². The van der Waals surface area contributed by atoms with Gasteiger partial charge < -0.3 is 4.74 Å². The predicted molar refractivity (Wildman–Crippen MR) is 74.3 cm³/mol. The lowest BCUT2D eigenvalue weighted by molar-refractivity contribution is 0.298. The van der Waals surface area contributed by atoms with Gasteiger partial charge in [0.15, 0.2) is 0 Å². The van der Waals surface area contributed by atoms with Gasteiger partial charge in [-0.2, -0.15) is 14.5 Å². The number of hydrogen-bond acceptors (Lipinski definition) is 5. The molecular weight excluding hydrogens is 272 g/mol. The van der Waals surface area contributed by atoms with Crippen molar-refractivity contribution in [3.8, 4) is 11.4 Å². The summed E-state index contributed by atoms with van der Waals surface area (Å²) in [5, 5.41) is 14.2. The molecular formula is C13H14N6O2. The van der Waals surface area contributed by atoms with Gasteiger partial charge in [0.1, 0.15) is 18.0 Å². The lowest BCUT2D eigenvalue weighted by atomic mass is 10.2. The first kappa shape index (κ1) is 11.9. The number of nitrogens with one attached hydrogen (secondary N) is 1. The number of aromatic amines is 1. The average molecular weight is 288 g/mol. The summed E-state index contributed by atoms with van der Waals surface area (Å²) in [5.41, 5.74) is 1.60. The molecule has 0 atom stereocenters. The number of H-pyrrole nitrogens is 1. The molecule has 2 aromatic heterocycles. The van der Waals surface area contributed by atoms with Crippen molar-refractivity contribution in [3.63, 3.8) is 0 Å². The summed E-state index contributed by atoms with van der Waals surface area (Å²) >= 11 is 0. The molecule has 0 unspecified atom stereocenters. The minimum atomic E-state index is -0.364. The van der Waals surface area contributed by atoms with E-state index in [0.717, 1.165) is 14.9 Å². The maximum Gasteiger partial charge on any atom is 0.368 e. The van der Waals surface area contributed by atoms with Gasteiger partial charge in [-0.25, -0.2) is 4.79 Å². The van der Waals surface area contributed by atoms with Crippen molar-refractivity contribution >= 4 is 0 Å². The highest BCUT2D eigenvalue weighted by molar-refractivity contribution is 5.34. The lowest BCUT2D eigenvalue weighted by Gasteiger charge is -2.08. The van der Waals surface area contributed by atoms with Crippen LogP contribution in [0.5, 0.6) is 5.75 Å². The summed E-state index contributed by atoms with van der Waals surface area (Å²) in [5.74, 6) is 0.669. The summed E-state index contributed by atoms with van der Waals surface area (Å²) in [4.78, 5) is 11.9. The number of rotatable bonds is 4. The third-order valence-corrected chi connectivity index (χ3v) is 3.04. The molecule has 3 aromatic rings. The van der Waals surface area contributed by atoms with Gasteiger partial charge in [-0.15, -0.1) is 0 Å². The first-order valence-electron chi connectivity index (χ1n) is 6.78. The third-order valence-electron chi connectivity index (χ3n) is 3.04. The molecule has 21 heavy (non-hydrogen) atoms. The Morgan fingerprint density at radius 2 is 2.29 bits per heavy atom. The fourth-order valence-electron chi connectivity index (χ4n) is 1.87. The first-order chi connectivity index (χ1) is 10.6. The molecule has 0 aliphatic heterocycles. The van der Waals surface area contributed by atoms with Crippen molar-refractivity contribution < 1.29 is 6.11 Å². The Morgan fingerprint density at radius 3 is 3.00 bits per heavy atom. The number of tetrazole rings is 1. The zero-order chi connectivity index (χ0) is 15.7. The van der Waals surface area contributed by atoms with Gasteiger partial charge in [0.2, 0.25) is 0 Å². The molecule has 1 aromatic carbocycles. The Bertz CT molecular complexity index is 866. The summed E-state index contributed by atoms with van der Waals surface area (Å²) in [7, 11) is 1.52. The highest BCUT2D eigenvalue weighted by Gasteiger charge is 2.13. The second-order valence-corrected chi connectivity index (χ2v) is 4.51. The molecule has 0 fully saturated rings. The van der Waals surface area contributed by atoms with Gasteiger partial charge >= 0.3 is 5.69 Å². The molecule has 8 heteroatoms. The molecule has 0 radical (unpaired) electrons. The van der Waals surface area contributed by atoms with E-state index in [1.165, 1.54) is 13.2 Å². The quantitative estimate of drug-likeness (QED) is 0.758. The predicted octanol–water partition coefficient (Wildman–Crippen LogP) is 0.577. The average Bonchev–Trinajstić information content (AvgIpc) is 3.06. The summed E-state index contributed by atoms with van der Waals surface area (Å²) < 4.78 is 15.6. The normalized spacial score (nSPS) is 11.4. The summed E-state index contributed by atoms with van der Waals surface area (Å²) in [6.45, 7) is 2.06. The van der Waals surface area contributed by atoms with E-state index in [-0.39, 0.29) is 12.3 Å². The van der Waals surface area contributed by atoms with Crippen LogP contribution in [-0.4, -0.2) is 30.0 Å². The SMILES string of the molecule is [3H]c1ccc(OCc2[nH]ncc2-n2nnn(C)c2=O)c(C)c1. The molecule has 0 aliphatic rings. The summed E-state index contributed by atoms with van der Waals surface area (Å²) in [6.07, 6.45) is 1.49. The number of nitrogens with zero attached hydrogens (tertiary/aromatic N) is 5. The van der Waals surface area contributed by atoms with Crippen LogP contribution in [0.4, 0.5) is 0 Å². The van der Waals surface area contributed by atoms with Crippen LogP contribution in [-0.2, 0) is 13.7 Å². The second kappa shape index (κ2) is 5.23. The Labute approximate surface area is 121 Å². The van der Waals surface area contributed by atoms with Crippen molar-refractivity contribution in [1.29, 1.82) is 0 Å². The number of ether oxygens (including phenoxy) is 1. The van der Waals surface area contributed by atoms with Crippen molar-refractivity contribution in [2.24, 2.45) is 7.05 Å². The Morgan fingerprint density at radius 1 is 1.43 bits per heavy atom. The summed E-state index contributed by atoms with van der Waals surface area (Å²) in [6, 6.07) is 5.54. The topological polar surface area (TPSA) is 90.6 Å². The van der Waals surface area contributed by atoms with Crippen molar-refractivity contribution in [2.45, 2.75) is 13.5 Å². The number of para-hydroxylation sites is 1. The van der Waals surface area contributed by atoms with Crippen LogP contribution in [0.25, 0.3) is 5.69 Å². The van der Waals surface area contributed by atoms with E-state index >= 15 is 0 Å². The molecule has 0 bridgehead atoms. The third kappa shape index (κ3) is 2.42. The van der Waals surface area contributed by atoms with Gasteiger partial charge in [0, 0.05) is 7.05 Å². The van der Waals surface area contributed by atoms with Crippen molar-refractivity contribution in [1.82, 2.24) is 30.0 Å². The first-order valence-corrected chi connectivity index (χ1v) is 6.28. The molecule has 2 heterocycles. The van der Waals surface area contributed by atoms with E-state index in [2.05, 4.69) is 20.6 Å². The van der Waals surface area contributed by atoms with Crippen LogP contribution >= 0.6 is 0 Å². The van der Waals surface area contributed by atoms with E-state index in [1.54, 1.807) is 18.2 Å². The molecule has 3 rings (SSSR count). The minimum Gasteiger partial charge on any atom is -0.487 e. The minimum absolute atomic E-state index is 0.191. The van der Waals surface area contributed by atoms with E-state index < -0.39 is 0 Å². The molecule has 1 N–H and O–H groups in total. The molecule has 8 nitrogen and oxygen atoms in total. The van der Waals surface area contributed by atoms with E-state index in [0.29, 0.717) is 23.2 Å². The Kier molecular flexibility index (Phi) is 2.96. The lowest BCUT2D eigenvalue weighted by Crippen LogP contribution is -2.22. The van der Waals surface area contributed by atoms with Crippen molar-refractivity contribution in [2.75, 3.05) is 0 Å². The molecule has 0 aliphatic carbocycles. The molecule has 0 saturated carbocycles.